The molecule has 0 spiro atoms. The summed E-state index contributed by atoms with van der Waals surface area (Å²) in [5.41, 5.74) is 2.50. The lowest BCUT2D eigenvalue weighted by atomic mass is 9.81. The van der Waals surface area contributed by atoms with Crippen LogP contribution < -0.4 is 10.9 Å². The Balaban J connectivity index is 1.58. The van der Waals surface area contributed by atoms with Gasteiger partial charge < -0.3 is 34.7 Å². The van der Waals surface area contributed by atoms with Crippen molar-refractivity contribution < 1.29 is 34.0 Å². The standard InChI is InChI=1S/C28H30FN3O7/c1-4-28(37)17-7-21-24-15(9-32(21)25(34)16(17)11-38-26(28)35)23-19(31-27(36)39-12(2)10-33)6-5-14-13(3)18(29)8-20(30-24)22(14)23/h7-8,12,19,26,33,35,37H,4-6,9-11H2,1-3H3,(H,31,36)/t12-,19-,26?,28-/m0/s1. The summed E-state index contributed by atoms with van der Waals surface area (Å²) in [5.74, 6) is -0.389. The number of aromatic nitrogens is 2. The molecule has 6 rings (SSSR count). The molecule has 0 fully saturated rings. The fourth-order valence-corrected chi connectivity index (χ4v) is 6.21. The zero-order chi connectivity index (χ0) is 27.8. The fraction of sp³-hybridized carbons (Fsp3) is 0.464. The van der Waals surface area contributed by atoms with Gasteiger partial charge in [-0.2, -0.15) is 0 Å². The molecule has 206 valence electrons. The highest BCUT2D eigenvalue weighted by Gasteiger charge is 2.45. The first kappa shape index (κ1) is 25.9. The van der Waals surface area contributed by atoms with Crippen molar-refractivity contribution in [1.29, 1.82) is 0 Å². The summed E-state index contributed by atoms with van der Waals surface area (Å²) >= 11 is 0. The number of nitrogens with zero attached hydrogens (tertiary/aromatic N) is 2. The van der Waals surface area contributed by atoms with E-state index in [-0.39, 0.29) is 48.7 Å². The minimum Gasteiger partial charge on any atom is -0.444 e. The molecule has 4 N–H and O–H groups in total. The minimum atomic E-state index is -1.77. The van der Waals surface area contributed by atoms with Gasteiger partial charge in [0.1, 0.15) is 17.5 Å². The van der Waals surface area contributed by atoms with Gasteiger partial charge in [0, 0.05) is 28.1 Å². The van der Waals surface area contributed by atoms with Crippen LogP contribution in [0.25, 0.3) is 22.3 Å². The fourth-order valence-electron chi connectivity index (χ4n) is 6.21. The molecule has 0 saturated heterocycles. The first-order valence-corrected chi connectivity index (χ1v) is 13.1. The molecule has 0 bridgehead atoms. The number of fused-ring (bicyclic) bond motifs is 5. The smallest absolute Gasteiger partial charge is 0.407 e. The number of ether oxygens (including phenoxy) is 2. The van der Waals surface area contributed by atoms with Crippen LogP contribution in [-0.4, -0.2) is 50.0 Å². The van der Waals surface area contributed by atoms with Crippen molar-refractivity contribution in [3.63, 3.8) is 0 Å². The summed E-state index contributed by atoms with van der Waals surface area (Å²) in [5, 5.41) is 34.6. The van der Waals surface area contributed by atoms with Gasteiger partial charge in [0.15, 0.2) is 6.29 Å². The van der Waals surface area contributed by atoms with Gasteiger partial charge in [0.05, 0.1) is 42.7 Å². The molecule has 0 radical (unpaired) electrons. The lowest BCUT2D eigenvalue weighted by Crippen LogP contribution is -2.47. The third kappa shape index (κ3) is 3.71. The van der Waals surface area contributed by atoms with Gasteiger partial charge in [-0.3, -0.25) is 4.79 Å². The Morgan fingerprint density at radius 1 is 1.36 bits per heavy atom. The number of hydrogen-bond donors (Lipinski definition) is 4. The third-order valence-electron chi connectivity index (χ3n) is 8.39. The Kier molecular flexibility index (Phi) is 6.03. The van der Waals surface area contributed by atoms with Crippen LogP contribution >= 0.6 is 0 Å². The summed E-state index contributed by atoms with van der Waals surface area (Å²) < 4.78 is 27.1. The first-order chi connectivity index (χ1) is 18.6. The predicted molar refractivity (Wildman–Crippen MR) is 137 cm³/mol. The number of aliphatic hydroxyl groups is 3. The zero-order valence-corrected chi connectivity index (χ0v) is 21.9. The molecular formula is C28H30FN3O7. The Hall–Kier alpha value is -3.38. The number of benzene rings is 1. The van der Waals surface area contributed by atoms with Crippen LogP contribution in [0.1, 0.15) is 66.1 Å². The highest BCUT2D eigenvalue weighted by atomic mass is 19.1. The molecule has 1 aromatic carbocycles. The lowest BCUT2D eigenvalue weighted by Gasteiger charge is -2.37. The Labute approximate surface area is 223 Å². The van der Waals surface area contributed by atoms with Gasteiger partial charge >= 0.3 is 6.09 Å². The van der Waals surface area contributed by atoms with Gasteiger partial charge in [-0.25, -0.2) is 14.2 Å². The van der Waals surface area contributed by atoms with Gasteiger partial charge in [-0.1, -0.05) is 6.92 Å². The summed E-state index contributed by atoms with van der Waals surface area (Å²) in [4.78, 5) is 31.2. The minimum absolute atomic E-state index is 0.113. The molecule has 0 saturated carbocycles. The van der Waals surface area contributed by atoms with Crippen LogP contribution in [0.3, 0.4) is 0 Å². The lowest BCUT2D eigenvalue weighted by molar-refractivity contribution is -0.236. The summed E-state index contributed by atoms with van der Waals surface area (Å²) in [6, 6.07) is 2.53. The van der Waals surface area contributed by atoms with E-state index in [0.29, 0.717) is 35.3 Å². The topological polar surface area (TPSA) is 143 Å². The average molecular weight is 540 g/mol. The molecule has 1 unspecified atom stereocenters. The van der Waals surface area contributed by atoms with Crippen LogP contribution in [0.5, 0.6) is 0 Å². The highest BCUT2D eigenvalue weighted by Crippen LogP contribution is 2.46. The number of aliphatic hydroxyl groups excluding tert-OH is 2. The molecule has 1 amide bonds. The van der Waals surface area contributed by atoms with Crippen LogP contribution in [-0.2, 0) is 34.6 Å². The molecular weight excluding hydrogens is 509 g/mol. The number of alkyl carbamates (subject to hydrolysis) is 1. The maximum absolute atomic E-state index is 15.0. The van der Waals surface area contributed by atoms with Gasteiger partial charge in [0.2, 0.25) is 0 Å². The highest BCUT2D eigenvalue weighted by molar-refractivity contribution is 5.93. The van der Waals surface area contributed by atoms with Crippen molar-refractivity contribution in [2.24, 2.45) is 0 Å². The monoisotopic (exact) mass is 539 g/mol. The van der Waals surface area contributed by atoms with Gasteiger partial charge in [0.25, 0.3) is 5.56 Å². The summed E-state index contributed by atoms with van der Waals surface area (Å²) in [7, 11) is 0. The molecule has 3 aliphatic rings. The molecule has 39 heavy (non-hydrogen) atoms. The maximum atomic E-state index is 15.0. The number of carbonyl (C=O) groups excluding carboxylic acids is 1. The first-order valence-electron chi connectivity index (χ1n) is 13.1. The molecule has 4 atom stereocenters. The third-order valence-corrected chi connectivity index (χ3v) is 8.39. The van der Waals surface area contributed by atoms with E-state index in [1.807, 2.05) is 0 Å². The molecule has 3 aromatic rings. The van der Waals surface area contributed by atoms with Crippen LogP contribution in [0.2, 0.25) is 0 Å². The number of nitrogens with one attached hydrogen (secondary N) is 1. The van der Waals surface area contributed by atoms with E-state index in [1.54, 1.807) is 31.4 Å². The number of halogens is 1. The number of hydrogen-bond acceptors (Lipinski definition) is 8. The van der Waals surface area contributed by atoms with Crippen LogP contribution in [0.15, 0.2) is 16.9 Å². The van der Waals surface area contributed by atoms with E-state index in [1.165, 1.54) is 6.07 Å². The molecule has 11 heteroatoms. The van der Waals surface area contributed by atoms with Crippen molar-refractivity contribution in [3.8, 4) is 11.4 Å². The second kappa shape index (κ2) is 9.09. The number of aryl methyl sites for hydroxylation is 1. The number of amides is 1. The van der Waals surface area contributed by atoms with Crippen molar-refractivity contribution in [2.75, 3.05) is 6.61 Å². The largest absolute Gasteiger partial charge is 0.444 e. The van der Waals surface area contributed by atoms with Crippen molar-refractivity contribution in [2.45, 2.75) is 77.2 Å². The van der Waals surface area contributed by atoms with E-state index in [0.717, 1.165) is 22.1 Å². The molecule has 10 nitrogen and oxygen atoms in total. The number of pyridine rings is 2. The summed E-state index contributed by atoms with van der Waals surface area (Å²) in [6.45, 7) is 4.68. The molecule has 1 aliphatic carbocycles. The van der Waals surface area contributed by atoms with E-state index in [2.05, 4.69) is 5.32 Å². The average Bonchev–Trinajstić information content (AvgIpc) is 3.28. The molecule has 2 aromatic heterocycles. The number of rotatable bonds is 4. The van der Waals surface area contributed by atoms with Gasteiger partial charge in [-0.15, -0.1) is 0 Å². The maximum Gasteiger partial charge on any atom is 0.407 e. The normalized spacial score (nSPS) is 23.7. The van der Waals surface area contributed by atoms with Crippen LogP contribution in [0, 0.1) is 12.7 Å². The summed E-state index contributed by atoms with van der Waals surface area (Å²) in [6.07, 6.45) is -1.78. The van der Waals surface area contributed by atoms with E-state index < -0.39 is 30.1 Å². The SMILES string of the molecule is CC[C@]1(O)c2cc3n(c(=O)c2COC1O)Cc1c-3nc2cc(F)c(C)c3c2c1[C@@H](NC(=O)O[C@@H](C)CO)CC3. The Bertz CT molecular complexity index is 1600. The van der Waals surface area contributed by atoms with E-state index in [4.69, 9.17) is 14.5 Å². The second-order valence-corrected chi connectivity index (χ2v) is 10.6. The van der Waals surface area contributed by atoms with Crippen molar-refractivity contribution in [3.05, 3.63) is 61.7 Å². The van der Waals surface area contributed by atoms with Gasteiger partial charge in [-0.05, 0) is 55.9 Å². The molecule has 2 aliphatic heterocycles. The van der Waals surface area contributed by atoms with Crippen molar-refractivity contribution in [1.82, 2.24) is 14.9 Å². The van der Waals surface area contributed by atoms with E-state index in [9.17, 15) is 29.3 Å². The Morgan fingerprint density at radius 2 is 2.13 bits per heavy atom. The zero-order valence-electron chi connectivity index (χ0n) is 21.9. The second-order valence-electron chi connectivity index (χ2n) is 10.6. The Morgan fingerprint density at radius 3 is 2.85 bits per heavy atom. The predicted octanol–water partition coefficient (Wildman–Crippen LogP) is 2.41. The molecule has 4 heterocycles. The quantitative estimate of drug-likeness (QED) is 0.310. The number of carbonyl (C=O) groups is 1. The van der Waals surface area contributed by atoms with E-state index >= 15 is 0 Å². The van der Waals surface area contributed by atoms with Crippen molar-refractivity contribution >= 4 is 17.0 Å². The van der Waals surface area contributed by atoms with Crippen LogP contribution in [0.4, 0.5) is 9.18 Å².